The number of hydrogen-bond acceptors (Lipinski definition) is 2. The van der Waals surface area contributed by atoms with Gasteiger partial charge in [-0.2, -0.15) is 0 Å². The maximum Gasteiger partial charge on any atom is 0.320 e. The van der Waals surface area contributed by atoms with Crippen LogP contribution >= 0.6 is 0 Å². The van der Waals surface area contributed by atoms with Crippen LogP contribution in [0.25, 0.3) is 0 Å². The Morgan fingerprint density at radius 1 is 0.576 bits per heavy atom. The van der Waals surface area contributed by atoms with E-state index in [1.165, 1.54) is 0 Å². The van der Waals surface area contributed by atoms with Gasteiger partial charge in [0, 0.05) is 6.54 Å². The van der Waals surface area contributed by atoms with E-state index in [1.54, 1.807) is 9.47 Å². The van der Waals surface area contributed by atoms with Crippen molar-refractivity contribution in [2.24, 2.45) is 0 Å². The molecule has 0 aliphatic carbocycles. The van der Waals surface area contributed by atoms with Gasteiger partial charge in [-0.3, -0.25) is 9.36 Å². The Kier molecular flexibility index (Phi) is 5.63. The molecule has 0 saturated carbocycles. The number of hydrogen-bond donors (Lipinski definition) is 0. The van der Waals surface area contributed by atoms with Crippen molar-refractivity contribution < 1.29 is 9.59 Å². The first kappa shape index (κ1) is 20.9. The molecule has 162 valence electrons. The molecule has 4 nitrogen and oxygen atoms in total. The molecule has 5 heteroatoms. The standard InChI is InChI=1S/C28H24N2O2Si/c31-27-22-29(21-23-13-5-1-6-14-23)28(32)30(27)33(24-15-7-2-8-16-24,25-17-9-3-10-18-25)26-19-11-4-12-20-26/h1-20H,21-22H2. The van der Waals surface area contributed by atoms with Gasteiger partial charge in [-0.05, 0) is 21.1 Å². The van der Waals surface area contributed by atoms with Gasteiger partial charge in [0.15, 0.2) is 0 Å². The number of rotatable bonds is 6. The average molecular weight is 449 g/mol. The van der Waals surface area contributed by atoms with E-state index >= 15 is 0 Å². The second kappa shape index (κ2) is 8.88. The summed E-state index contributed by atoms with van der Waals surface area (Å²) in [6.07, 6.45) is 0. The molecule has 0 bridgehead atoms. The molecule has 33 heavy (non-hydrogen) atoms. The molecule has 0 radical (unpaired) electrons. The number of carbonyl (C=O) groups is 2. The van der Waals surface area contributed by atoms with Crippen LogP contribution < -0.4 is 15.6 Å². The summed E-state index contributed by atoms with van der Waals surface area (Å²) >= 11 is 0. The molecule has 0 unspecified atom stereocenters. The first-order chi connectivity index (χ1) is 16.2. The summed E-state index contributed by atoms with van der Waals surface area (Å²) in [6.45, 7) is 0.486. The van der Waals surface area contributed by atoms with Crippen molar-refractivity contribution >= 4 is 35.7 Å². The van der Waals surface area contributed by atoms with Crippen molar-refractivity contribution in [1.82, 2.24) is 9.47 Å². The van der Waals surface area contributed by atoms with Crippen molar-refractivity contribution in [2.75, 3.05) is 6.54 Å². The van der Waals surface area contributed by atoms with E-state index in [9.17, 15) is 9.59 Å². The minimum absolute atomic E-state index is 0.0784. The van der Waals surface area contributed by atoms with E-state index in [1.807, 2.05) is 121 Å². The van der Waals surface area contributed by atoms with Crippen LogP contribution in [0.4, 0.5) is 4.79 Å². The fourth-order valence-electron chi connectivity index (χ4n) is 4.73. The normalized spacial score (nSPS) is 14.1. The zero-order valence-corrected chi connectivity index (χ0v) is 19.2. The van der Waals surface area contributed by atoms with E-state index < -0.39 is 8.24 Å². The lowest BCUT2D eigenvalue weighted by atomic mass is 10.2. The number of benzene rings is 4. The minimum Gasteiger partial charge on any atom is -0.311 e. The van der Waals surface area contributed by atoms with E-state index in [-0.39, 0.29) is 18.5 Å². The highest BCUT2D eigenvalue weighted by Gasteiger charge is 2.55. The maximum absolute atomic E-state index is 14.0. The topological polar surface area (TPSA) is 40.6 Å². The predicted molar refractivity (Wildman–Crippen MR) is 133 cm³/mol. The molecule has 0 aromatic heterocycles. The third-order valence-corrected chi connectivity index (χ3v) is 10.8. The Balaban J connectivity index is 1.71. The highest BCUT2D eigenvalue weighted by Crippen LogP contribution is 2.22. The summed E-state index contributed by atoms with van der Waals surface area (Å²) in [5, 5.41) is 3.02. The minimum atomic E-state index is -3.18. The Bertz CT molecular complexity index is 1150. The highest BCUT2D eigenvalue weighted by molar-refractivity contribution is 7.11. The molecule has 0 spiro atoms. The molecule has 4 aromatic carbocycles. The maximum atomic E-state index is 14.0. The SMILES string of the molecule is O=C1CN(Cc2ccccc2)C(=O)N1[Si](c1ccccc1)(c1ccccc1)c1ccccc1. The van der Waals surface area contributed by atoms with Gasteiger partial charge in [0.25, 0.3) is 8.24 Å². The zero-order valence-electron chi connectivity index (χ0n) is 18.2. The fraction of sp³-hybridized carbons (Fsp3) is 0.0714. The Morgan fingerprint density at radius 2 is 0.970 bits per heavy atom. The molecule has 1 saturated heterocycles. The Hall–Kier alpha value is -3.96. The van der Waals surface area contributed by atoms with Gasteiger partial charge in [-0.25, -0.2) is 4.79 Å². The summed E-state index contributed by atoms with van der Waals surface area (Å²) in [4.78, 5) is 29.3. The summed E-state index contributed by atoms with van der Waals surface area (Å²) in [5.74, 6) is -0.154. The predicted octanol–water partition coefficient (Wildman–Crippen LogP) is 3.12. The monoisotopic (exact) mass is 448 g/mol. The average Bonchev–Trinajstić information content (AvgIpc) is 3.15. The van der Waals surface area contributed by atoms with Crippen LogP contribution in [0.15, 0.2) is 121 Å². The molecule has 1 aliphatic rings. The lowest BCUT2D eigenvalue weighted by Gasteiger charge is -2.39. The van der Waals surface area contributed by atoms with Crippen molar-refractivity contribution in [3.63, 3.8) is 0 Å². The van der Waals surface area contributed by atoms with Crippen LogP contribution in [-0.4, -0.2) is 36.2 Å². The van der Waals surface area contributed by atoms with Gasteiger partial charge < -0.3 is 4.90 Å². The number of nitrogens with zero attached hydrogens (tertiary/aromatic N) is 2. The van der Waals surface area contributed by atoms with Crippen LogP contribution in [0.3, 0.4) is 0 Å². The Labute approximate surface area is 194 Å². The fourth-order valence-corrected chi connectivity index (χ4v) is 9.41. The number of amides is 3. The van der Waals surface area contributed by atoms with Crippen LogP contribution in [0.1, 0.15) is 5.56 Å². The molecule has 3 amide bonds. The van der Waals surface area contributed by atoms with Crippen molar-refractivity contribution in [3.8, 4) is 0 Å². The molecule has 1 aliphatic heterocycles. The molecule has 1 fully saturated rings. The third-order valence-electron chi connectivity index (χ3n) is 6.16. The van der Waals surface area contributed by atoms with Gasteiger partial charge in [-0.1, -0.05) is 121 Å². The molecule has 5 rings (SSSR count). The number of carbonyl (C=O) groups excluding carboxylic acids is 2. The van der Waals surface area contributed by atoms with Crippen molar-refractivity contribution in [1.29, 1.82) is 0 Å². The molecule has 1 heterocycles. The summed E-state index contributed by atoms with van der Waals surface area (Å²) in [6, 6.07) is 39.7. The highest BCUT2D eigenvalue weighted by atomic mass is 28.3. The summed E-state index contributed by atoms with van der Waals surface area (Å²) in [7, 11) is -3.18. The van der Waals surface area contributed by atoms with Crippen molar-refractivity contribution in [2.45, 2.75) is 6.54 Å². The molecular weight excluding hydrogens is 424 g/mol. The molecule has 4 aromatic rings. The lowest BCUT2D eigenvalue weighted by molar-refractivity contribution is -0.122. The summed E-state index contributed by atoms with van der Waals surface area (Å²) < 4.78 is 1.59. The van der Waals surface area contributed by atoms with Crippen LogP contribution in [0, 0.1) is 0 Å². The van der Waals surface area contributed by atoms with Gasteiger partial charge in [0.1, 0.15) is 6.54 Å². The quantitative estimate of drug-likeness (QED) is 0.258. The largest absolute Gasteiger partial charge is 0.320 e. The van der Waals surface area contributed by atoms with Gasteiger partial charge in [0.05, 0.1) is 0 Å². The smallest absolute Gasteiger partial charge is 0.311 e. The number of imide groups is 1. The Morgan fingerprint density at radius 3 is 1.39 bits per heavy atom. The van der Waals surface area contributed by atoms with Gasteiger partial charge in [0.2, 0.25) is 5.91 Å². The van der Waals surface area contributed by atoms with E-state index in [0.29, 0.717) is 6.54 Å². The third kappa shape index (κ3) is 3.66. The zero-order chi connectivity index (χ0) is 22.7. The molecule has 0 N–H and O–H groups in total. The van der Waals surface area contributed by atoms with Gasteiger partial charge >= 0.3 is 6.03 Å². The van der Waals surface area contributed by atoms with E-state index in [2.05, 4.69) is 0 Å². The molecule has 0 atom stereocenters. The van der Waals surface area contributed by atoms with Crippen LogP contribution in [0.5, 0.6) is 0 Å². The second-order valence-electron chi connectivity index (χ2n) is 8.16. The first-order valence-electron chi connectivity index (χ1n) is 11.0. The summed E-state index contributed by atoms with van der Waals surface area (Å²) in [5.41, 5.74) is 1.01. The molecular formula is C28H24N2O2Si. The van der Waals surface area contributed by atoms with Crippen molar-refractivity contribution in [3.05, 3.63) is 127 Å². The number of urea groups is 1. The van der Waals surface area contributed by atoms with Gasteiger partial charge in [-0.15, -0.1) is 0 Å². The first-order valence-corrected chi connectivity index (χ1v) is 13.0. The second-order valence-corrected chi connectivity index (χ2v) is 11.8. The van der Waals surface area contributed by atoms with Crippen LogP contribution in [0.2, 0.25) is 0 Å². The van der Waals surface area contributed by atoms with Crippen LogP contribution in [-0.2, 0) is 11.3 Å². The lowest BCUT2D eigenvalue weighted by Crippen LogP contribution is -2.78. The van der Waals surface area contributed by atoms with E-state index in [0.717, 1.165) is 21.1 Å². The van der Waals surface area contributed by atoms with E-state index in [4.69, 9.17) is 0 Å².